The van der Waals surface area contributed by atoms with Crippen LogP contribution < -0.4 is 9.47 Å². The summed E-state index contributed by atoms with van der Waals surface area (Å²) in [4.78, 5) is 17.1. The number of rotatable bonds is 3. The second-order valence-corrected chi connectivity index (χ2v) is 7.52. The molecule has 2 saturated heterocycles. The van der Waals surface area contributed by atoms with E-state index in [1.54, 1.807) is 0 Å². The van der Waals surface area contributed by atoms with Crippen LogP contribution in [0.15, 0.2) is 12.1 Å². The van der Waals surface area contributed by atoms with Crippen molar-refractivity contribution in [2.45, 2.75) is 19.4 Å². The van der Waals surface area contributed by atoms with E-state index in [0.29, 0.717) is 50.3 Å². The molecule has 1 atom stereocenters. The molecule has 3 aliphatic heterocycles. The molecule has 0 saturated carbocycles. The second kappa shape index (κ2) is 8.03. The summed E-state index contributed by atoms with van der Waals surface area (Å²) in [6.07, 6.45) is 2.01. The molecule has 2 fully saturated rings. The monoisotopic (exact) mass is 380 g/mol. The van der Waals surface area contributed by atoms with Crippen LogP contribution in [-0.4, -0.2) is 68.3 Å². The zero-order chi connectivity index (χ0) is 17.9. The Labute approximate surface area is 158 Å². The van der Waals surface area contributed by atoms with Gasteiger partial charge in [-0.15, -0.1) is 0 Å². The lowest BCUT2D eigenvalue weighted by Gasteiger charge is -2.36. The van der Waals surface area contributed by atoms with E-state index in [0.717, 1.165) is 43.8 Å². The van der Waals surface area contributed by atoms with E-state index >= 15 is 0 Å². The highest BCUT2D eigenvalue weighted by atomic mass is 35.5. The summed E-state index contributed by atoms with van der Waals surface area (Å²) in [5, 5.41) is 0.593. The van der Waals surface area contributed by atoms with Gasteiger partial charge in [-0.05, 0) is 37.1 Å². The molecule has 3 aliphatic rings. The summed E-state index contributed by atoms with van der Waals surface area (Å²) in [5.41, 5.74) is 1.10. The predicted molar refractivity (Wildman–Crippen MR) is 97.8 cm³/mol. The minimum Gasteiger partial charge on any atom is -0.486 e. The van der Waals surface area contributed by atoms with Crippen LogP contribution in [0.4, 0.5) is 0 Å². The lowest BCUT2D eigenvalue weighted by Crippen LogP contribution is -2.48. The molecule has 26 heavy (non-hydrogen) atoms. The van der Waals surface area contributed by atoms with E-state index in [4.69, 9.17) is 25.8 Å². The van der Waals surface area contributed by atoms with E-state index in [1.165, 1.54) is 0 Å². The molecule has 4 rings (SSSR count). The summed E-state index contributed by atoms with van der Waals surface area (Å²) >= 11 is 6.35. The molecule has 142 valence electrons. The molecule has 0 radical (unpaired) electrons. The van der Waals surface area contributed by atoms with Gasteiger partial charge in [0.2, 0.25) is 5.91 Å². The third-order valence-electron chi connectivity index (χ3n) is 5.24. The summed E-state index contributed by atoms with van der Waals surface area (Å²) in [6, 6.07) is 3.95. The van der Waals surface area contributed by atoms with Gasteiger partial charge in [0.25, 0.3) is 0 Å². The first kappa shape index (κ1) is 17.9. The number of hydrogen-bond acceptors (Lipinski definition) is 5. The van der Waals surface area contributed by atoms with Gasteiger partial charge in [-0.1, -0.05) is 11.6 Å². The van der Waals surface area contributed by atoms with Crippen molar-refractivity contribution in [1.29, 1.82) is 0 Å². The molecular weight excluding hydrogens is 356 g/mol. The van der Waals surface area contributed by atoms with Crippen LogP contribution in [0.3, 0.4) is 0 Å². The van der Waals surface area contributed by atoms with Crippen LogP contribution in [0.1, 0.15) is 18.4 Å². The molecule has 1 aromatic carbocycles. The Morgan fingerprint density at radius 3 is 2.77 bits per heavy atom. The predicted octanol–water partition coefficient (Wildman–Crippen LogP) is 2.18. The zero-order valence-corrected chi connectivity index (χ0v) is 15.7. The fourth-order valence-corrected chi connectivity index (χ4v) is 4.24. The highest BCUT2D eigenvalue weighted by Gasteiger charge is 2.30. The first-order valence-corrected chi connectivity index (χ1v) is 9.75. The first-order chi connectivity index (χ1) is 12.7. The number of carbonyl (C=O) groups excluding carboxylic acids is 1. The Morgan fingerprint density at radius 1 is 1.12 bits per heavy atom. The fraction of sp³-hybridized carbons (Fsp3) is 0.632. The van der Waals surface area contributed by atoms with Crippen molar-refractivity contribution in [2.75, 3.05) is 52.6 Å². The van der Waals surface area contributed by atoms with E-state index in [2.05, 4.69) is 4.90 Å². The van der Waals surface area contributed by atoms with Crippen LogP contribution in [0.25, 0.3) is 0 Å². The smallest absolute Gasteiger partial charge is 0.227 e. The number of carbonyl (C=O) groups is 1. The molecule has 1 unspecified atom stereocenters. The third kappa shape index (κ3) is 3.92. The van der Waals surface area contributed by atoms with E-state index < -0.39 is 0 Å². The summed E-state index contributed by atoms with van der Waals surface area (Å²) in [6.45, 7) is 6.37. The molecule has 0 aliphatic carbocycles. The van der Waals surface area contributed by atoms with Gasteiger partial charge in [0, 0.05) is 26.2 Å². The highest BCUT2D eigenvalue weighted by Crippen LogP contribution is 2.38. The maximum Gasteiger partial charge on any atom is 0.227 e. The normalized spacial score (nSPS) is 23.7. The van der Waals surface area contributed by atoms with Crippen LogP contribution in [0, 0.1) is 5.92 Å². The molecule has 3 heterocycles. The van der Waals surface area contributed by atoms with Crippen molar-refractivity contribution in [3.63, 3.8) is 0 Å². The van der Waals surface area contributed by atoms with Crippen molar-refractivity contribution in [3.05, 3.63) is 22.7 Å². The summed E-state index contributed by atoms with van der Waals surface area (Å²) < 4.78 is 16.6. The Morgan fingerprint density at radius 2 is 1.92 bits per heavy atom. The third-order valence-corrected chi connectivity index (χ3v) is 5.52. The average Bonchev–Trinajstić information content (AvgIpc) is 2.68. The number of hydrogen-bond donors (Lipinski definition) is 0. The highest BCUT2D eigenvalue weighted by molar-refractivity contribution is 6.32. The number of fused-ring (bicyclic) bond motifs is 1. The van der Waals surface area contributed by atoms with Crippen molar-refractivity contribution in [1.82, 2.24) is 9.80 Å². The number of nitrogens with zero attached hydrogens (tertiary/aromatic N) is 2. The van der Waals surface area contributed by atoms with Crippen LogP contribution in [0.2, 0.25) is 5.02 Å². The molecule has 0 spiro atoms. The number of morpholine rings is 1. The van der Waals surface area contributed by atoms with Crippen molar-refractivity contribution in [2.24, 2.45) is 5.92 Å². The lowest BCUT2D eigenvalue weighted by atomic mass is 9.96. The van der Waals surface area contributed by atoms with Gasteiger partial charge < -0.3 is 19.1 Å². The maximum absolute atomic E-state index is 12.8. The van der Waals surface area contributed by atoms with E-state index in [1.807, 2.05) is 17.0 Å². The van der Waals surface area contributed by atoms with E-state index in [9.17, 15) is 4.79 Å². The SMILES string of the molecule is O=C(C1CCCN(Cc2cc(Cl)c3c(c2)OCCO3)C1)N1CCOCC1. The van der Waals surface area contributed by atoms with Crippen LogP contribution in [-0.2, 0) is 16.1 Å². The molecule has 0 bridgehead atoms. The fourth-order valence-electron chi connectivity index (χ4n) is 3.96. The Balaban J connectivity index is 1.40. The lowest BCUT2D eigenvalue weighted by molar-refractivity contribution is -0.141. The van der Waals surface area contributed by atoms with Gasteiger partial charge in [-0.3, -0.25) is 9.69 Å². The Bertz CT molecular complexity index is 663. The topological polar surface area (TPSA) is 51.2 Å². The second-order valence-electron chi connectivity index (χ2n) is 7.11. The van der Waals surface area contributed by atoms with Crippen molar-refractivity contribution >= 4 is 17.5 Å². The standard InChI is InChI=1S/C19H25ClN2O4/c20-16-10-14(11-17-18(16)26-9-8-25-17)12-21-3-1-2-15(13-21)19(23)22-4-6-24-7-5-22/h10-11,15H,1-9,12-13H2. The number of ether oxygens (including phenoxy) is 3. The Kier molecular flexibility index (Phi) is 5.52. The molecule has 1 aromatic rings. The van der Waals surface area contributed by atoms with Crippen LogP contribution >= 0.6 is 11.6 Å². The molecule has 6 nitrogen and oxygen atoms in total. The number of halogens is 1. The molecule has 1 amide bonds. The summed E-state index contributed by atoms with van der Waals surface area (Å²) in [5.74, 6) is 1.71. The van der Waals surface area contributed by atoms with E-state index in [-0.39, 0.29) is 11.8 Å². The number of benzene rings is 1. The van der Waals surface area contributed by atoms with Gasteiger partial charge in [-0.2, -0.15) is 0 Å². The molecule has 0 N–H and O–H groups in total. The van der Waals surface area contributed by atoms with Gasteiger partial charge in [0.05, 0.1) is 24.2 Å². The quantitative estimate of drug-likeness (QED) is 0.804. The van der Waals surface area contributed by atoms with Gasteiger partial charge in [-0.25, -0.2) is 0 Å². The number of likely N-dealkylation sites (tertiary alicyclic amines) is 1. The average molecular weight is 381 g/mol. The van der Waals surface area contributed by atoms with Gasteiger partial charge >= 0.3 is 0 Å². The molecular formula is C19H25ClN2O4. The number of piperidine rings is 1. The zero-order valence-electron chi connectivity index (χ0n) is 14.9. The largest absolute Gasteiger partial charge is 0.486 e. The minimum absolute atomic E-state index is 0.0783. The molecule has 7 heteroatoms. The minimum atomic E-state index is 0.0783. The van der Waals surface area contributed by atoms with Gasteiger partial charge in [0.1, 0.15) is 13.2 Å². The summed E-state index contributed by atoms with van der Waals surface area (Å²) in [7, 11) is 0. The van der Waals surface area contributed by atoms with Crippen molar-refractivity contribution in [3.8, 4) is 11.5 Å². The maximum atomic E-state index is 12.8. The van der Waals surface area contributed by atoms with Crippen LogP contribution in [0.5, 0.6) is 11.5 Å². The van der Waals surface area contributed by atoms with Crippen molar-refractivity contribution < 1.29 is 19.0 Å². The Hall–Kier alpha value is -1.50. The number of amides is 1. The first-order valence-electron chi connectivity index (χ1n) is 9.37. The molecule has 0 aromatic heterocycles. The van der Waals surface area contributed by atoms with Gasteiger partial charge in [0.15, 0.2) is 11.5 Å².